The smallest absolute Gasteiger partial charge is 0.321 e. The van der Waals surface area contributed by atoms with E-state index in [0.717, 1.165) is 11.3 Å². The molecule has 154 valence electrons. The summed E-state index contributed by atoms with van der Waals surface area (Å²) in [5.41, 5.74) is -3.97. The SMILES string of the molecule is Cc1c(C(=O)Nc2cc(C(F)(F)F)cc(C(F)(F)F)c2)sc2ncn(C)c(=O)c12. The van der Waals surface area contributed by atoms with Crippen LogP contribution in [0.25, 0.3) is 10.2 Å². The molecule has 0 saturated heterocycles. The number of rotatable bonds is 2. The molecule has 0 bridgehead atoms. The van der Waals surface area contributed by atoms with E-state index in [1.807, 2.05) is 0 Å². The first-order valence-corrected chi connectivity index (χ1v) is 8.66. The normalized spacial score (nSPS) is 12.4. The fourth-order valence-electron chi connectivity index (χ4n) is 2.64. The summed E-state index contributed by atoms with van der Waals surface area (Å²) in [6.45, 7) is 1.45. The van der Waals surface area contributed by atoms with Crippen molar-refractivity contribution < 1.29 is 31.1 Å². The number of hydrogen-bond acceptors (Lipinski definition) is 4. The van der Waals surface area contributed by atoms with Crippen LogP contribution in [0.1, 0.15) is 26.4 Å². The number of amides is 1. The van der Waals surface area contributed by atoms with E-state index in [1.54, 1.807) is 0 Å². The number of nitrogens with one attached hydrogen (secondary N) is 1. The van der Waals surface area contributed by atoms with Crippen molar-refractivity contribution in [1.82, 2.24) is 9.55 Å². The number of carbonyl (C=O) groups excluding carboxylic acids is 1. The fourth-order valence-corrected chi connectivity index (χ4v) is 3.67. The van der Waals surface area contributed by atoms with Gasteiger partial charge in [-0.3, -0.25) is 9.59 Å². The summed E-state index contributed by atoms with van der Waals surface area (Å²) in [7, 11) is 1.45. The number of aromatic nitrogens is 2. The summed E-state index contributed by atoms with van der Waals surface area (Å²) in [5.74, 6) is -0.944. The molecule has 0 aliphatic carbocycles. The van der Waals surface area contributed by atoms with Gasteiger partial charge < -0.3 is 9.88 Å². The van der Waals surface area contributed by atoms with Gasteiger partial charge in [-0.1, -0.05) is 0 Å². The molecule has 0 aliphatic heterocycles. The second-order valence-electron chi connectivity index (χ2n) is 6.15. The molecule has 12 heteroatoms. The molecular weight excluding hydrogens is 424 g/mol. The van der Waals surface area contributed by atoms with Crippen LogP contribution in [0.5, 0.6) is 0 Å². The average molecular weight is 435 g/mol. The van der Waals surface area contributed by atoms with Crippen LogP contribution in [-0.4, -0.2) is 15.5 Å². The van der Waals surface area contributed by atoms with Crippen LogP contribution in [0.4, 0.5) is 32.0 Å². The molecule has 29 heavy (non-hydrogen) atoms. The number of carbonyl (C=O) groups is 1. The minimum Gasteiger partial charge on any atom is -0.321 e. The highest BCUT2D eigenvalue weighted by atomic mass is 32.1. The Morgan fingerprint density at radius 1 is 1.07 bits per heavy atom. The first kappa shape index (κ1) is 20.8. The second-order valence-corrected chi connectivity index (χ2v) is 7.14. The van der Waals surface area contributed by atoms with Gasteiger partial charge in [-0.05, 0) is 30.7 Å². The molecule has 2 aromatic heterocycles. The molecule has 0 spiro atoms. The molecule has 0 unspecified atom stereocenters. The number of nitrogens with zero attached hydrogens (tertiary/aromatic N) is 2. The maximum absolute atomic E-state index is 13.0. The van der Waals surface area contributed by atoms with Crippen molar-refractivity contribution in [3.63, 3.8) is 0 Å². The van der Waals surface area contributed by atoms with Gasteiger partial charge in [-0.2, -0.15) is 26.3 Å². The predicted octanol–water partition coefficient (Wildman–Crippen LogP) is 4.59. The van der Waals surface area contributed by atoms with Crippen molar-refractivity contribution in [2.45, 2.75) is 19.3 Å². The Labute approximate surface area is 162 Å². The molecule has 1 aromatic carbocycles. The van der Waals surface area contributed by atoms with Gasteiger partial charge in [0.15, 0.2) is 0 Å². The van der Waals surface area contributed by atoms with E-state index in [0.29, 0.717) is 12.1 Å². The van der Waals surface area contributed by atoms with Crippen molar-refractivity contribution in [3.8, 4) is 0 Å². The standard InChI is InChI=1S/C17H11F6N3O2S/c1-7-11-14(24-6-26(2)15(11)28)29-12(7)13(27)25-10-4-8(16(18,19)20)3-9(5-10)17(21,22)23/h3-6H,1-2H3,(H,25,27). The summed E-state index contributed by atoms with van der Waals surface area (Å²) in [6.07, 6.45) is -8.83. The van der Waals surface area contributed by atoms with Crippen LogP contribution >= 0.6 is 11.3 Å². The van der Waals surface area contributed by atoms with Crippen LogP contribution in [-0.2, 0) is 19.4 Å². The van der Waals surface area contributed by atoms with Gasteiger partial charge in [0.05, 0.1) is 27.7 Å². The lowest BCUT2D eigenvalue weighted by molar-refractivity contribution is -0.143. The predicted molar refractivity (Wildman–Crippen MR) is 94.0 cm³/mol. The number of fused-ring (bicyclic) bond motifs is 1. The summed E-state index contributed by atoms with van der Waals surface area (Å²) in [6, 6.07) is 0.786. The maximum atomic E-state index is 13.0. The highest BCUT2D eigenvalue weighted by Gasteiger charge is 2.37. The van der Waals surface area contributed by atoms with E-state index < -0.39 is 40.6 Å². The van der Waals surface area contributed by atoms with Crippen molar-refractivity contribution in [2.75, 3.05) is 5.32 Å². The van der Waals surface area contributed by atoms with Crippen LogP contribution in [0.15, 0.2) is 29.3 Å². The Hall–Kier alpha value is -2.89. The molecule has 0 aliphatic rings. The number of thiophene rings is 1. The van der Waals surface area contributed by atoms with E-state index in [2.05, 4.69) is 10.3 Å². The van der Waals surface area contributed by atoms with Gasteiger partial charge in [-0.15, -0.1) is 11.3 Å². The zero-order valence-electron chi connectivity index (χ0n) is 14.7. The Morgan fingerprint density at radius 3 is 2.14 bits per heavy atom. The highest BCUT2D eigenvalue weighted by Crippen LogP contribution is 2.38. The summed E-state index contributed by atoms with van der Waals surface area (Å²) in [5, 5.41) is 2.21. The summed E-state index contributed by atoms with van der Waals surface area (Å²) >= 11 is 0.813. The monoisotopic (exact) mass is 435 g/mol. The molecule has 5 nitrogen and oxygen atoms in total. The number of anilines is 1. The molecule has 0 saturated carbocycles. The number of benzene rings is 1. The van der Waals surface area contributed by atoms with Crippen LogP contribution < -0.4 is 10.9 Å². The Balaban J connectivity index is 2.05. The molecule has 0 fully saturated rings. The Bertz CT molecular complexity index is 1140. The minimum atomic E-state index is -5.04. The molecule has 3 aromatic rings. The van der Waals surface area contributed by atoms with Crippen molar-refractivity contribution in [2.24, 2.45) is 7.05 Å². The van der Waals surface area contributed by atoms with E-state index in [9.17, 15) is 35.9 Å². The van der Waals surface area contributed by atoms with Crippen molar-refractivity contribution in [3.05, 3.63) is 56.4 Å². The van der Waals surface area contributed by atoms with Crippen LogP contribution in [0.3, 0.4) is 0 Å². The molecular formula is C17H11F6N3O2S. The highest BCUT2D eigenvalue weighted by molar-refractivity contribution is 7.20. The van der Waals surface area contributed by atoms with E-state index in [4.69, 9.17) is 0 Å². The van der Waals surface area contributed by atoms with Gasteiger partial charge in [0.2, 0.25) is 0 Å². The first-order chi connectivity index (χ1) is 13.3. The fraction of sp³-hybridized carbons (Fsp3) is 0.235. The average Bonchev–Trinajstić information content (AvgIpc) is 2.94. The van der Waals surface area contributed by atoms with E-state index in [-0.39, 0.29) is 26.7 Å². The lowest BCUT2D eigenvalue weighted by atomic mass is 10.1. The lowest BCUT2D eigenvalue weighted by Gasteiger charge is -2.14. The van der Waals surface area contributed by atoms with Gasteiger partial charge >= 0.3 is 12.4 Å². The van der Waals surface area contributed by atoms with Crippen LogP contribution in [0, 0.1) is 6.92 Å². The second kappa shape index (κ2) is 6.87. The van der Waals surface area contributed by atoms with Crippen molar-refractivity contribution in [1.29, 1.82) is 0 Å². The first-order valence-electron chi connectivity index (χ1n) is 7.84. The molecule has 2 heterocycles. The molecule has 0 atom stereocenters. The zero-order chi connectivity index (χ0) is 21.7. The van der Waals surface area contributed by atoms with E-state index in [1.165, 1.54) is 24.9 Å². The van der Waals surface area contributed by atoms with Gasteiger partial charge in [0, 0.05) is 12.7 Å². The van der Waals surface area contributed by atoms with Gasteiger partial charge in [0.1, 0.15) is 4.83 Å². The number of aryl methyl sites for hydroxylation is 2. The Morgan fingerprint density at radius 2 is 1.62 bits per heavy atom. The topological polar surface area (TPSA) is 64.0 Å². The number of alkyl halides is 6. The Kier molecular flexibility index (Phi) is 4.93. The molecule has 3 rings (SSSR count). The lowest BCUT2D eigenvalue weighted by Crippen LogP contribution is -2.17. The largest absolute Gasteiger partial charge is 0.416 e. The summed E-state index contributed by atoms with van der Waals surface area (Å²) < 4.78 is 78.9. The molecule has 0 radical (unpaired) electrons. The van der Waals surface area contributed by atoms with Crippen LogP contribution in [0.2, 0.25) is 0 Å². The summed E-state index contributed by atoms with van der Waals surface area (Å²) in [4.78, 5) is 28.9. The third kappa shape index (κ3) is 3.97. The quantitative estimate of drug-likeness (QED) is 0.599. The number of halogens is 6. The van der Waals surface area contributed by atoms with Gasteiger partial charge in [0.25, 0.3) is 11.5 Å². The molecule has 1 N–H and O–H groups in total. The molecule has 1 amide bonds. The minimum absolute atomic E-state index is 0.0338. The zero-order valence-corrected chi connectivity index (χ0v) is 15.5. The van der Waals surface area contributed by atoms with Gasteiger partial charge in [-0.25, -0.2) is 4.98 Å². The maximum Gasteiger partial charge on any atom is 0.416 e. The third-order valence-corrected chi connectivity index (χ3v) is 5.26. The number of hydrogen-bond donors (Lipinski definition) is 1. The third-order valence-electron chi connectivity index (χ3n) is 4.06. The van der Waals surface area contributed by atoms with Crippen molar-refractivity contribution >= 4 is 33.1 Å². The van der Waals surface area contributed by atoms with E-state index >= 15 is 0 Å².